The molecule has 0 aromatic heterocycles. The van der Waals surface area contributed by atoms with E-state index in [1.165, 1.54) is 12.7 Å². The van der Waals surface area contributed by atoms with Gasteiger partial charge < -0.3 is 10.1 Å². The third-order valence-corrected chi connectivity index (χ3v) is 3.88. The van der Waals surface area contributed by atoms with Crippen LogP contribution in [0.1, 0.15) is 40.5 Å². The van der Waals surface area contributed by atoms with Crippen molar-refractivity contribution >= 4 is 5.97 Å². The number of nitrogens with one attached hydrogen (secondary N) is 1. The van der Waals surface area contributed by atoms with Crippen LogP contribution in [0.4, 0.5) is 0 Å². The van der Waals surface area contributed by atoms with Gasteiger partial charge in [-0.1, -0.05) is 25.5 Å². The summed E-state index contributed by atoms with van der Waals surface area (Å²) in [5, 5.41) is 3.47. The van der Waals surface area contributed by atoms with E-state index in [9.17, 15) is 4.79 Å². The maximum atomic E-state index is 11.8. The molecule has 0 aromatic carbocycles. The molecular formula is C16H30N2O2. The van der Waals surface area contributed by atoms with Gasteiger partial charge in [0.05, 0.1) is 7.11 Å². The lowest BCUT2D eigenvalue weighted by Crippen LogP contribution is -2.51. The van der Waals surface area contributed by atoms with Crippen LogP contribution < -0.4 is 5.32 Å². The molecule has 1 rings (SSSR count). The molecule has 0 spiro atoms. The summed E-state index contributed by atoms with van der Waals surface area (Å²) in [6.07, 6.45) is 4.47. The molecule has 20 heavy (non-hydrogen) atoms. The van der Waals surface area contributed by atoms with Crippen molar-refractivity contribution in [1.29, 1.82) is 0 Å². The number of carbonyl (C=O) groups excluding carboxylic acids is 1. The van der Waals surface area contributed by atoms with Gasteiger partial charge in [0, 0.05) is 12.6 Å². The molecule has 1 aliphatic heterocycles. The molecule has 4 heteroatoms. The number of nitrogens with zero attached hydrogens (tertiary/aromatic N) is 1. The molecule has 0 unspecified atom stereocenters. The molecule has 0 saturated carbocycles. The Morgan fingerprint density at radius 1 is 1.35 bits per heavy atom. The summed E-state index contributed by atoms with van der Waals surface area (Å²) in [6.45, 7) is 11.6. The van der Waals surface area contributed by atoms with E-state index >= 15 is 0 Å². The summed E-state index contributed by atoms with van der Waals surface area (Å²) in [7, 11) is 1.46. The molecule has 0 radical (unpaired) electrons. The maximum absolute atomic E-state index is 11.8. The Hall–Kier alpha value is -0.870. The number of likely N-dealkylation sites (tertiary alicyclic amines) is 1. The summed E-state index contributed by atoms with van der Waals surface area (Å²) < 4.78 is 4.88. The van der Waals surface area contributed by atoms with E-state index in [2.05, 4.69) is 44.0 Å². The second-order valence-electron chi connectivity index (χ2n) is 6.27. The van der Waals surface area contributed by atoms with Crippen molar-refractivity contribution in [2.75, 3.05) is 26.7 Å². The molecule has 0 amide bonds. The van der Waals surface area contributed by atoms with Crippen LogP contribution in [0.25, 0.3) is 0 Å². The molecule has 1 atom stereocenters. The van der Waals surface area contributed by atoms with Gasteiger partial charge in [0.2, 0.25) is 0 Å². The number of methoxy groups -OCH3 is 1. The normalized spacial score (nSPS) is 18.9. The maximum Gasteiger partial charge on any atom is 0.323 e. The first kappa shape index (κ1) is 17.2. The minimum absolute atomic E-state index is 0.146. The van der Waals surface area contributed by atoms with Crippen LogP contribution in [0.3, 0.4) is 0 Å². The molecule has 1 fully saturated rings. The van der Waals surface area contributed by atoms with Gasteiger partial charge in [-0.2, -0.15) is 0 Å². The van der Waals surface area contributed by atoms with Crippen molar-refractivity contribution in [2.45, 2.75) is 52.6 Å². The van der Waals surface area contributed by atoms with Crippen molar-refractivity contribution in [2.24, 2.45) is 5.92 Å². The summed E-state index contributed by atoms with van der Waals surface area (Å²) in [5.74, 6) is 0.109. The highest BCUT2D eigenvalue weighted by Crippen LogP contribution is 2.14. The second-order valence-corrected chi connectivity index (χ2v) is 6.27. The molecule has 0 aliphatic carbocycles. The number of allylic oxidation sites excluding steroid dienone is 1. The van der Waals surface area contributed by atoms with Crippen molar-refractivity contribution in [3.63, 3.8) is 0 Å². The molecule has 1 heterocycles. The van der Waals surface area contributed by atoms with E-state index in [0.717, 1.165) is 32.5 Å². The van der Waals surface area contributed by atoms with E-state index in [-0.39, 0.29) is 17.9 Å². The van der Waals surface area contributed by atoms with Gasteiger partial charge in [0.25, 0.3) is 0 Å². The van der Waals surface area contributed by atoms with Gasteiger partial charge in [-0.05, 0) is 45.7 Å². The second kappa shape index (κ2) is 8.42. The van der Waals surface area contributed by atoms with E-state index in [0.29, 0.717) is 6.04 Å². The van der Waals surface area contributed by atoms with E-state index < -0.39 is 0 Å². The van der Waals surface area contributed by atoms with Gasteiger partial charge in [-0.15, -0.1) is 0 Å². The lowest BCUT2D eigenvalue weighted by atomic mass is 9.99. The molecule has 1 N–H and O–H groups in total. The van der Waals surface area contributed by atoms with E-state index in [4.69, 9.17) is 4.74 Å². The van der Waals surface area contributed by atoms with Crippen LogP contribution in [0.15, 0.2) is 11.6 Å². The lowest BCUT2D eigenvalue weighted by Gasteiger charge is -2.34. The zero-order valence-corrected chi connectivity index (χ0v) is 13.6. The Balaban J connectivity index is 2.41. The van der Waals surface area contributed by atoms with Crippen LogP contribution in [0.5, 0.6) is 0 Å². The third kappa shape index (κ3) is 5.63. The van der Waals surface area contributed by atoms with Crippen LogP contribution in [0.2, 0.25) is 0 Å². The van der Waals surface area contributed by atoms with Crippen molar-refractivity contribution in [3.8, 4) is 0 Å². The van der Waals surface area contributed by atoms with Crippen LogP contribution in [0, 0.1) is 5.92 Å². The Morgan fingerprint density at radius 2 is 1.95 bits per heavy atom. The van der Waals surface area contributed by atoms with Crippen molar-refractivity contribution in [1.82, 2.24) is 10.2 Å². The molecule has 0 bridgehead atoms. The number of rotatable bonds is 6. The fourth-order valence-electron chi connectivity index (χ4n) is 2.51. The summed E-state index contributed by atoms with van der Waals surface area (Å²) in [4.78, 5) is 14.2. The zero-order chi connectivity index (χ0) is 15.1. The van der Waals surface area contributed by atoms with Gasteiger partial charge in [-0.25, -0.2) is 0 Å². The number of carbonyl (C=O) groups is 1. The first-order valence-electron chi connectivity index (χ1n) is 7.63. The summed E-state index contributed by atoms with van der Waals surface area (Å²) in [5.41, 5.74) is 1.37. The Kier molecular flexibility index (Phi) is 7.24. The number of hydrogen-bond donors (Lipinski definition) is 1. The van der Waals surface area contributed by atoms with Crippen molar-refractivity contribution in [3.05, 3.63) is 11.6 Å². The van der Waals surface area contributed by atoms with Crippen LogP contribution in [-0.2, 0) is 9.53 Å². The Bertz CT molecular complexity index is 327. The van der Waals surface area contributed by atoms with E-state index in [1.54, 1.807) is 0 Å². The molecular weight excluding hydrogens is 252 g/mol. The first-order valence-corrected chi connectivity index (χ1v) is 7.63. The molecule has 1 aliphatic rings. The molecule has 0 aromatic rings. The van der Waals surface area contributed by atoms with Crippen LogP contribution in [-0.4, -0.2) is 49.7 Å². The van der Waals surface area contributed by atoms with Gasteiger partial charge in [-0.3, -0.25) is 9.69 Å². The molecule has 4 nitrogen and oxygen atoms in total. The Morgan fingerprint density at radius 3 is 2.40 bits per heavy atom. The third-order valence-electron chi connectivity index (χ3n) is 3.88. The molecule has 1 saturated heterocycles. The predicted octanol–water partition coefficient (Wildman–Crippen LogP) is 2.20. The Labute approximate surface area is 123 Å². The lowest BCUT2D eigenvalue weighted by molar-refractivity contribution is -0.144. The SMILES string of the molecule is COC(=O)[C@@H](NC1CCN(CC=C(C)C)CC1)C(C)C. The monoisotopic (exact) mass is 282 g/mol. The van der Waals surface area contributed by atoms with Crippen LogP contribution >= 0.6 is 0 Å². The van der Waals surface area contributed by atoms with E-state index in [1.807, 2.05) is 0 Å². The smallest absolute Gasteiger partial charge is 0.323 e. The van der Waals surface area contributed by atoms with Gasteiger partial charge in [0.15, 0.2) is 0 Å². The fraction of sp³-hybridized carbons (Fsp3) is 0.812. The van der Waals surface area contributed by atoms with Gasteiger partial charge >= 0.3 is 5.97 Å². The fourth-order valence-corrected chi connectivity index (χ4v) is 2.51. The number of ether oxygens (including phenoxy) is 1. The average Bonchev–Trinajstić information content (AvgIpc) is 2.42. The minimum atomic E-state index is -0.186. The quantitative estimate of drug-likeness (QED) is 0.599. The highest BCUT2D eigenvalue weighted by molar-refractivity contribution is 5.75. The van der Waals surface area contributed by atoms with Gasteiger partial charge in [0.1, 0.15) is 6.04 Å². The minimum Gasteiger partial charge on any atom is -0.468 e. The average molecular weight is 282 g/mol. The summed E-state index contributed by atoms with van der Waals surface area (Å²) >= 11 is 0. The molecule has 116 valence electrons. The first-order chi connectivity index (χ1) is 9.43. The number of hydrogen-bond acceptors (Lipinski definition) is 4. The highest BCUT2D eigenvalue weighted by Gasteiger charge is 2.27. The standard InChI is InChI=1S/C16H30N2O2/c1-12(2)6-9-18-10-7-14(8-11-18)17-15(13(3)4)16(19)20-5/h6,13-15,17H,7-11H2,1-5H3/t15-/m0/s1. The highest BCUT2D eigenvalue weighted by atomic mass is 16.5. The zero-order valence-electron chi connectivity index (χ0n) is 13.6. The number of piperidine rings is 1. The largest absolute Gasteiger partial charge is 0.468 e. The summed E-state index contributed by atoms with van der Waals surface area (Å²) in [6, 6.07) is 0.235. The number of esters is 1. The van der Waals surface area contributed by atoms with Crippen molar-refractivity contribution < 1.29 is 9.53 Å². The topological polar surface area (TPSA) is 41.6 Å². The predicted molar refractivity (Wildman–Crippen MR) is 82.7 cm³/mol.